The molecule has 2 saturated heterocycles. The van der Waals surface area contributed by atoms with E-state index in [0.717, 1.165) is 25.2 Å². The van der Waals surface area contributed by atoms with Gasteiger partial charge in [-0.1, -0.05) is 6.92 Å². The van der Waals surface area contributed by atoms with E-state index >= 15 is 0 Å². The van der Waals surface area contributed by atoms with Gasteiger partial charge >= 0.3 is 0 Å². The number of rotatable bonds is 3. The van der Waals surface area contributed by atoms with Crippen LogP contribution in [0.15, 0.2) is 0 Å². The molecule has 0 bridgehead atoms. The second kappa shape index (κ2) is 5.48. The van der Waals surface area contributed by atoms with Crippen LogP contribution in [0.5, 0.6) is 0 Å². The first-order valence-electron chi connectivity index (χ1n) is 7.93. The van der Waals surface area contributed by atoms with Crippen LogP contribution in [0, 0.1) is 0 Å². The van der Waals surface area contributed by atoms with Gasteiger partial charge in [-0.25, -0.2) is 0 Å². The van der Waals surface area contributed by atoms with E-state index < -0.39 is 0 Å². The predicted octanol–water partition coefficient (Wildman–Crippen LogP) is 2.16. The van der Waals surface area contributed by atoms with E-state index in [4.69, 9.17) is 4.74 Å². The number of nitrogens with one attached hydrogen (secondary N) is 1. The number of nitrogens with zero attached hydrogens (tertiary/aromatic N) is 1. The van der Waals surface area contributed by atoms with Crippen LogP contribution in [0.4, 0.5) is 0 Å². The Morgan fingerprint density at radius 1 is 1.22 bits per heavy atom. The standard InChI is InChI=1S/C15H28N2O/c1-2-16-13-4-9-17(10-5-13)14-6-11-18-15(12-14)7-3-8-15/h13-14,16H,2-12H2,1H3. The SMILES string of the molecule is CCNC1CCN(C2CCOC3(CCC3)C2)CC1. The lowest BCUT2D eigenvalue weighted by Crippen LogP contribution is -2.54. The van der Waals surface area contributed by atoms with Gasteiger partial charge in [-0.05, 0) is 64.6 Å². The Labute approximate surface area is 111 Å². The van der Waals surface area contributed by atoms with Crippen molar-refractivity contribution in [1.29, 1.82) is 0 Å². The number of likely N-dealkylation sites (tertiary alicyclic amines) is 1. The molecule has 2 heterocycles. The molecule has 18 heavy (non-hydrogen) atoms. The molecule has 1 N–H and O–H groups in total. The molecular formula is C15H28N2O. The lowest BCUT2D eigenvalue weighted by atomic mass is 9.73. The highest BCUT2D eigenvalue weighted by atomic mass is 16.5. The Kier molecular flexibility index (Phi) is 3.92. The van der Waals surface area contributed by atoms with Crippen molar-refractivity contribution in [3.05, 3.63) is 0 Å². The molecule has 1 unspecified atom stereocenters. The molecule has 1 saturated carbocycles. The minimum Gasteiger partial charge on any atom is -0.375 e. The van der Waals surface area contributed by atoms with Crippen molar-refractivity contribution in [1.82, 2.24) is 10.2 Å². The van der Waals surface area contributed by atoms with Gasteiger partial charge in [-0.2, -0.15) is 0 Å². The Morgan fingerprint density at radius 3 is 2.61 bits per heavy atom. The highest BCUT2D eigenvalue weighted by Crippen LogP contribution is 2.43. The minimum atomic E-state index is 0.307. The van der Waals surface area contributed by atoms with Crippen molar-refractivity contribution >= 4 is 0 Å². The number of hydrogen-bond donors (Lipinski definition) is 1. The van der Waals surface area contributed by atoms with Gasteiger partial charge in [0.25, 0.3) is 0 Å². The van der Waals surface area contributed by atoms with E-state index in [1.54, 1.807) is 0 Å². The molecule has 0 amide bonds. The number of ether oxygens (including phenoxy) is 1. The first kappa shape index (κ1) is 12.9. The molecule has 1 spiro atoms. The van der Waals surface area contributed by atoms with E-state index in [0.29, 0.717) is 5.60 Å². The minimum absolute atomic E-state index is 0.307. The molecule has 1 atom stereocenters. The Hall–Kier alpha value is -0.120. The highest BCUT2D eigenvalue weighted by Gasteiger charge is 2.44. The van der Waals surface area contributed by atoms with E-state index in [1.165, 1.54) is 58.0 Å². The predicted molar refractivity (Wildman–Crippen MR) is 73.8 cm³/mol. The van der Waals surface area contributed by atoms with Gasteiger partial charge in [0.1, 0.15) is 0 Å². The average molecular weight is 252 g/mol. The number of hydrogen-bond acceptors (Lipinski definition) is 3. The lowest BCUT2D eigenvalue weighted by molar-refractivity contribution is -0.150. The maximum atomic E-state index is 6.04. The third-order valence-corrected chi connectivity index (χ3v) is 5.27. The zero-order valence-corrected chi connectivity index (χ0v) is 11.8. The zero-order valence-electron chi connectivity index (χ0n) is 11.8. The molecule has 2 aliphatic heterocycles. The monoisotopic (exact) mass is 252 g/mol. The molecule has 1 aliphatic carbocycles. The summed E-state index contributed by atoms with van der Waals surface area (Å²) in [5.74, 6) is 0. The third-order valence-electron chi connectivity index (χ3n) is 5.27. The van der Waals surface area contributed by atoms with E-state index in [1.807, 2.05) is 0 Å². The Morgan fingerprint density at radius 2 is 2.00 bits per heavy atom. The Bertz CT molecular complexity index is 270. The fraction of sp³-hybridized carbons (Fsp3) is 1.00. The maximum absolute atomic E-state index is 6.04. The summed E-state index contributed by atoms with van der Waals surface area (Å²) in [5.41, 5.74) is 0.307. The van der Waals surface area contributed by atoms with Gasteiger partial charge in [-0.3, -0.25) is 0 Å². The van der Waals surface area contributed by atoms with Crippen LogP contribution < -0.4 is 5.32 Å². The van der Waals surface area contributed by atoms with Crippen LogP contribution in [0.3, 0.4) is 0 Å². The summed E-state index contributed by atoms with van der Waals surface area (Å²) in [5, 5.41) is 3.60. The van der Waals surface area contributed by atoms with E-state index in [2.05, 4.69) is 17.1 Å². The van der Waals surface area contributed by atoms with Gasteiger partial charge in [0.2, 0.25) is 0 Å². The fourth-order valence-corrected chi connectivity index (χ4v) is 3.99. The first-order chi connectivity index (χ1) is 8.81. The summed E-state index contributed by atoms with van der Waals surface area (Å²) >= 11 is 0. The van der Waals surface area contributed by atoms with Crippen LogP contribution in [0.1, 0.15) is 51.9 Å². The summed E-state index contributed by atoms with van der Waals surface area (Å²) in [6.45, 7) is 6.91. The van der Waals surface area contributed by atoms with Crippen LogP contribution in [0.2, 0.25) is 0 Å². The molecule has 3 heteroatoms. The third kappa shape index (κ3) is 2.59. The van der Waals surface area contributed by atoms with E-state index in [-0.39, 0.29) is 0 Å². The largest absolute Gasteiger partial charge is 0.375 e. The molecule has 3 nitrogen and oxygen atoms in total. The smallest absolute Gasteiger partial charge is 0.0697 e. The van der Waals surface area contributed by atoms with Crippen molar-refractivity contribution in [2.75, 3.05) is 26.2 Å². The summed E-state index contributed by atoms with van der Waals surface area (Å²) in [6.07, 6.45) is 9.24. The quantitative estimate of drug-likeness (QED) is 0.833. The van der Waals surface area contributed by atoms with Crippen LogP contribution >= 0.6 is 0 Å². The van der Waals surface area contributed by atoms with Gasteiger partial charge in [0.15, 0.2) is 0 Å². The first-order valence-corrected chi connectivity index (χ1v) is 7.93. The van der Waals surface area contributed by atoms with Crippen molar-refractivity contribution in [3.63, 3.8) is 0 Å². The van der Waals surface area contributed by atoms with Gasteiger partial charge in [-0.15, -0.1) is 0 Å². The molecular weight excluding hydrogens is 224 g/mol. The second-order valence-corrected chi connectivity index (χ2v) is 6.40. The average Bonchev–Trinajstić information content (AvgIpc) is 2.38. The molecule has 0 aromatic heterocycles. The number of piperidine rings is 1. The highest BCUT2D eigenvalue weighted by molar-refractivity contribution is 4.97. The molecule has 0 aromatic rings. The molecule has 0 aromatic carbocycles. The maximum Gasteiger partial charge on any atom is 0.0697 e. The topological polar surface area (TPSA) is 24.5 Å². The van der Waals surface area contributed by atoms with Crippen molar-refractivity contribution in [2.45, 2.75) is 69.6 Å². The molecule has 104 valence electrons. The summed E-state index contributed by atoms with van der Waals surface area (Å²) in [4.78, 5) is 2.75. The van der Waals surface area contributed by atoms with E-state index in [9.17, 15) is 0 Å². The molecule has 3 aliphatic rings. The van der Waals surface area contributed by atoms with Crippen molar-refractivity contribution < 1.29 is 4.74 Å². The zero-order chi connectivity index (χ0) is 12.4. The molecule has 0 radical (unpaired) electrons. The van der Waals surface area contributed by atoms with Crippen molar-refractivity contribution in [3.8, 4) is 0 Å². The second-order valence-electron chi connectivity index (χ2n) is 6.40. The summed E-state index contributed by atoms with van der Waals surface area (Å²) in [6, 6.07) is 1.57. The van der Waals surface area contributed by atoms with Crippen LogP contribution in [-0.4, -0.2) is 48.8 Å². The summed E-state index contributed by atoms with van der Waals surface area (Å²) < 4.78 is 6.04. The van der Waals surface area contributed by atoms with Gasteiger partial charge in [0, 0.05) is 18.7 Å². The normalized spacial score (nSPS) is 33.5. The molecule has 3 fully saturated rings. The fourth-order valence-electron chi connectivity index (χ4n) is 3.99. The Balaban J connectivity index is 1.50. The van der Waals surface area contributed by atoms with Gasteiger partial charge < -0.3 is 15.0 Å². The molecule has 3 rings (SSSR count). The lowest BCUT2D eigenvalue weighted by Gasteiger charge is -2.50. The van der Waals surface area contributed by atoms with Crippen molar-refractivity contribution in [2.24, 2.45) is 0 Å². The van der Waals surface area contributed by atoms with Gasteiger partial charge in [0.05, 0.1) is 5.60 Å². The summed E-state index contributed by atoms with van der Waals surface area (Å²) in [7, 11) is 0. The van der Waals surface area contributed by atoms with Crippen LogP contribution in [0.25, 0.3) is 0 Å². The van der Waals surface area contributed by atoms with Crippen LogP contribution in [-0.2, 0) is 4.74 Å².